The van der Waals surface area contributed by atoms with E-state index in [2.05, 4.69) is 23.3 Å². The lowest BCUT2D eigenvalue weighted by molar-refractivity contribution is 0.278. The van der Waals surface area contributed by atoms with Gasteiger partial charge in [0.25, 0.3) is 0 Å². The number of hydrogen-bond donors (Lipinski definition) is 1. The van der Waals surface area contributed by atoms with Gasteiger partial charge in [-0.3, -0.25) is 4.90 Å². The fourth-order valence-corrected chi connectivity index (χ4v) is 1.86. The third-order valence-electron chi connectivity index (χ3n) is 2.52. The van der Waals surface area contributed by atoms with Gasteiger partial charge >= 0.3 is 0 Å². The summed E-state index contributed by atoms with van der Waals surface area (Å²) in [5.41, 5.74) is 1.61. The second-order valence-corrected chi connectivity index (χ2v) is 3.20. The molecule has 1 N–H and O–H groups in total. The zero-order valence-corrected chi connectivity index (χ0v) is 6.43. The number of nitrogens with zero attached hydrogens (tertiary/aromatic N) is 1. The van der Waals surface area contributed by atoms with Crippen LogP contribution in [0, 0.1) is 0 Å². The quantitative estimate of drug-likeness (QED) is 0.482. The van der Waals surface area contributed by atoms with E-state index in [9.17, 15) is 0 Å². The molecule has 0 spiro atoms. The summed E-state index contributed by atoms with van der Waals surface area (Å²) in [5, 5.41) is 3.38. The highest BCUT2D eigenvalue weighted by Crippen LogP contribution is 2.18. The molecule has 0 amide bonds. The second kappa shape index (κ2) is 2.36. The molecule has 2 aliphatic rings. The summed E-state index contributed by atoms with van der Waals surface area (Å²) in [7, 11) is 2.21. The number of fused-ring (bicyclic) bond motifs is 1. The molecule has 2 heteroatoms. The molecule has 2 nitrogen and oxygen atoms in total. The van der Waals surface area contributed by atoms with Crippen LogP contribution >= 0.6 is 0 Å². The SMILES string of the molecule is CN1CCC=C2CNCC21. The molecule has 1 atom stereocenters. The van der Waals surface area contributed by atoms with Crippen molar-refractivity contribution in [2.75, 3.05) is 26.7 Å². The van der Waals surface area contributed by atoms with E-state index in [0.717, 1.165) is 13.1 Å². The maximum absolute atomic E-state index is 3.38. The van der Waals surface area contributed by atoms with Gasteiger partial charge < -0.3 is 5.32 Å². The molecule has 1 saturated heterocycles. The summed E-state index contributed by atoms with van der Waals surface area (Å²) in [6.07, 6.45) is 3.63. The Morgan fingerprint density at radius 2 is 2.60 bits per heavy atom. The standard InChI is InChI=1S/C8H14N2/c1-10-4-2-3-7-5-9-6-8(7)10/h3,8-9H,2,4-6H2,1H3. The van der Waals surface area contributed by atoms with Crippen LogP contribution in [0.1, 0.15) is 6.42 Å². The van der Waals surface area contributed by atoms with Crippen LogP contribution in [0.15, 0.2) is 11.6 Å². The molecule has 0 aromatic carbocycles. The van der Waals surface area contributed by atoms with Crippen LogP contribution in [0.5, 0.6) is 0 Å². The first-order chi connectivity index (χ1) is 4.88. The third kappa shape index (κ3) is 0.879. The lowest BCUT2D eigenvalue weighted by Crippen LogP contribution is -2.37. The highest BCUT2D eigenvalue weighted by Gasteiger charge is 2.25. The van der Waals surface area contributed by atoms with E-state index in [-0.39, 0.29) is 0 Å². The Morgan fingerprint density at radius 1 is 1.70 bits per heavy atom. The molecule has 0 bridgehead atoms. The summed E-state index contributed by atoms with van der Waals surface area (Å²) < 4.78 is 0. The maximum atomic E-state index is 3.38. The van der Waals surface area contributed by atoms with Gasteiger partial charge in [-0.1, -0.05) is 6.08 Å². The van der Waals surface area contributed by atoms with Crippen molar-refractivity contribution in [3.8, 4) is 0 Å². The van der Waals surface area contributed by atoms with E-state index in [1.807, 2.05) is 0 Å². The van der Waals surface area contributed by atoms with Crippen LogP contribution in [-0.2, 0) is 0 Å². The van der Waals surface area contributed by atoms with Gasteiger partial charge in [-0.2, -0.15) is 0 Å². The highest BCUT2D eigenvalue weighted by molar-refractivity contribution is 5.20. The van der Waals surface area contributed by atoms with Gasteiger partial charge in [-0.25, -0.2) is 0 Å². The van der Waals surface area contributed by atoms with Crippen molar-refractivity contribution >= 4 is 0 Å². The van der Waals surface area contributed by atoms with Gasteiger partial charge in [-0.05, 0) is 19.0 Å². The largest absolute Gasteiger partial charge is 0.311 e. The van der Waals surface area contributed by atoms with Crippen molar-refractivity contribution < 1.29 is 0 Å². The molecule has 0 aromatic rings. The van der Waals surface area contributed by atoms with Crippen molar-refractivity contribution in [2.45, 2.75) is 12.5 Å². The fourth-order valence-electron chi connectivity index (χ4n) is 1.86. The normalized spacial score (nSPS) is 33.7. The van der Waals surface area contributed by atoms with E-state index < -0.39 is 0 Å². The number of likely N-dealkylation sites (N-methyl/N-ethyl adjacent to an activating group) is 1. The van der Waals surface area contributed by atoms with Gasteiger partial charge in [-0.15, -0.1) is 0 Å². The second-order valence-electron chi connectivity index (χ2n) is 3.20. The zero-order chi connectivity index (χ0) is 6.97. The minimum Gasteiger partial charge on any atom is -0.311 e. The molecule has 2 aliphatic heterocycles. The Labute approximate surface area is 61.9 Å². The summed E-state index contributed by atoms with van der Waals surface area (Å²) >= 11 is 0. The van der Waals surface area contributed by atoms with Gasteiger partial charge in [0.05, 0.1) is 0 Å². The molecule has 0 aromatic heterocycles. The monoisotopic (exact) mass is 138 g/mol. The van der Waals surface area contributed by atoms with Gasteiger partial charge in [0.1, 0.15) is 0 Å². The van der Waals surface area contributed by atoms with Gasteiger partial charge in [0.15, 0.2) is 0 Å². The maximum Gasteiger partial charge on any atom is 0.0442 e. The Kier molecular flexibility index (Phi) is 1.51. The van der Waals surface area contributed by atoms with Gasteiger partial charge in [0.2, 0.25) is 0 Å². The summed E-state index contributed by atoms with van der Waals surface area (Å²) in [6.45, 7) is 3.51. The molecular formula is C8H14N2. The molecular weight excluding hydrogens is 124 g/mol. The average Bonchev–Trinajstić information content (AvgIpc) is 2.36. The van der Waals surface area contributed by atoms with Crippen LogP contribution in [-0.4, -0.2) is 37.6 Å². The van der Waals surface area contributed by atoms with Crippen molar-refractivity contribution in [1.29, 1.82) is 0 Å². The van der Waals surface area contributed by atoms with E-state index in [1.165, 1.54) is 13.0 Å². The zero-order valence-electron chi connectivity index (χ0n) is 6.43. The lowest BCUT2D eigenvalue weighted by Gasteiger charge is -2.28. The third-order valence-corrected chi connectivity index (χ3v) is 2.52. The minimum absolute atomic E-state index is 0.716. The molecule has 2 rings (SSSR count). The molecule has 10 heavy (non-hydrogen) atoms. The predicted octanol–water partition coefficient (Wildman–Crippen LogP) is 0.220. The van der Waals surface area contributed by atoms with E-state index >= 15 is 0 Å². The highest BCUT2D eigenvalue weighted by atomic mass is 15.2. The Morgan fingerprint density at radius 3 is 3.40 bits per heavy atom. The fraction of sp³-hybridized carbons (Fsp3) is 0.750. The molecule has 2 heterocycles. The topological polar surface area (TPSA) is 15.3 Å². The van der Waals surface area contributed by atoms with E-state index in [0.29, 0.717) is 6.04 Å². The summed E-state index contributed by atoms with van der Waals surface area (Å²) in [6, 6.07) is 0.716. The molecule has 1 unspecified atom stereocenters. The average molecular weight is 138 g/mol. The van der Waals surface area contributed by atoms with Crippen LogP contribution in [0.3, 0.4) is 0 Å². The molecule has 0 aliphatic carbocycles. The number of nitrogens with one attached hydrogen (secondary N) is 1. The first kappa shape index (κ1) is 6.38. The summed E-state index contributed by atoms with van der Waals surface area (Å²) in [5.74, 6) is 0. The smallest absolute Gasteiger partial charge is 0.0442 e. The van der Waals surface area contributed by atoms with Crippen molar-refractivity contribution in [2.24, 2.45) is 0 Å². The van der Waals surface area contributed by atoms with E-state index in [1.54, 1.807) is 5.57 Å². The van der Waals surface area contributed by atoms with E-state index in [4.69, 9.17) is 0 Å². The summed E-state index contributed by atoms with van der Waals surface area (Å²) in [4.78, 5) is 2.44. The number of rotatable bonds is 0. The Bertz CT molecular complexity index is 163. The van der Waals surface area contributed by atoms with Crippen LogP contribution in [0.4, 0.5) is 0 Å². The van der Waals surface area contributed by atoms with Crippen LogP contribution in [0.25, 0.3) is 0 Å². The molecule has 56 valence electrons. The first-order valence-electron chi connectivity index (χ1n) is 3.98. The first-order valence-corrected chi connectivity index (χ1v) is 3.98. The van der Waals surface area contributed by atoms with Crippen LogP contribution < -0.4 is 5.32 Å². The van der Waals surface area contributed by atoms with Crippen molar-refractivity contribution in [1.82, 2.24) is 10.2 Å². The number of hydrogen-bond acceptors (Lipinski definition) is 2. The minimum atomic E-state index is 0.716. The van der Waals surface area contributed by atoms with Crippen molar-refractivity contribution in [3.05, 3.63) is 11.6 Å². The Hall–Kier alpha value is -0.340. The molecule has 1 fully saturated rings. The van der Waals surface area contributed by atoms with Crippen LogP contribution in [0.2, 0.25) is 0 Å². The molecule has 0 radical (unpaired) electrons. The van der Waals surface area contributed by atoms with Gasteiger partial charge in [0, 0.05) is 25.7 Å². The predicted molar refractivity (Wildman–Crippen MR) is 42.0 cm³/mol. The lowest BCUT2D eigenvalue weighted by atomic mass is 10.0. The Balaban J connectivity index is 2.18. The van der Waals surface area contributed by atoms with Crippen molar-refractivity contribution in [3.63, 3.8) is 0 Å². The molecule has 0 saturated carbocycles.